The van der Waals surface area contributed by atoms with Crippen LogP contribution in [0.25, 0.3) is 0 Å². The van der Waals surface area contributed by atoms with Gasteiger partial charge in [0.25, 0.3) is 5.91 Å². The highest BCUT2D eigenvalue weighted by Gasteiger charge is 2.44. The molecule has 0 radical (unpaired) electrons. The summed E-state index contributed by atoms with van der Waals surface area (Å²) < 4.78 is 1.77. The summed E-state index contributed by atoms with van der Waals surface area (Å²) in [5, 5.41) is 7.45. The number of aromatic nitrogens is 3. The minimum absolute atomic E-state index is 0.0153. The number of carbonyl (C=O) groups is 2. The Morgan fingerprint density at radius 1 is 1.19 bits per heavy atom. The topological polar surface area (TPSA) is 80.1 Å². The zero-order valence-electron chi connectivity index (χ0n) is 14.7. The maximum atomic E-state index is 13.0. The third-order valence-corrected chi connectivity index (χ3v) is 5.40. The maximum absolute atomic E-state index is 13.0. The predicted molar refractivity (Wildman–Crippen MR) is 95.3 cm³/mol. The third-order valence-electron chi connectivity index (χ3n) is 5.40. The van der Waals surface area contributed by atoms with Gasteiger partial charge in [-0.25, -0.2) is 0 Å². The predicted octanol–water partition coefficient (Wildman–Crippen LogP) is 1.44. The van der Waals surface area contributed by atoms with Gasteiger partial charge in [-0.3, -0.25) is 19.3 Å². The van der Waals surface area contributed by atoms with Crippen molar-refractivity contribution >= 4 is 11.8 Å². The van der Waals surface area contributed by atoms with E-state index >= 15 is 0 Å². The smallest absolute Gasteiger partial charge is 0.255 e. The van der Waals surface area contributed by atoms with Gasteiger partial charge in [0.1, 0.15) is 5.54 Å². The molecule has 2 aromatic heterocycles. The van der Waals surface area contributed by atoms with Crippen molar-refractivity contribution in [3.63, 3.8) is 0 Å². The molecular weight excluding hydrogens is 330 g/mol. The van der Waals surface area contributed by atoms with E-state index in [0.717, 1.165) is 6.54 Å². The second-order valence-corrected chi connectivity index (χ2v) is 7.17. The molecule has 2 aromatic rings. The van der Waals surface area contributed by atoms with Gasteiger partial charge >= 0.3 is 0 Å². The Bertz CT molecular complexity index is 762. The molecule has 0 atom stereocenters. The van der Waals surface area contributed by atoms with E-state index in [1.54, 1.807) is 40.3 Å². The van der Waals surface area contributed by atoms with Gasteiger partial charge in [-0.1, -0.05) is 0 Å². The Kier molecular flexibility index (Phi) is 4.44. The van der Waals surface area contributed by atoms with Gasteiger partial charge in [-0.15, -0.1) is 0 Å². The molecule has 1 saturated heterocycles. The molecule has 3 heterocycles. The van der Waals surface area contributed by atoms with Crippen molar-refractivity contribution in [1.29, 1.82) is 0 Å². The number of pyridine rings is 1. The van der Waals surface area contributed by atoms with Gasteiger partial charge in [-0.05, 0) is 49.8 Å². The molecule has 26 heavy (non-hydrogen) atoms. The quantitative estimate of drug-likeness (QED) is 0.882. The highest BCUT2D eigenvalue weighted by Crippen LogP contribution is 2.32. The Balaban J connectivity index is 1.48. The number of piperidine rings is 1. The fraction of sp³-hybridized carbons (Fsp3) is 0.474. The van der Waals surface area contributed by atoms with Crippen molar-refractivity contribution in [2.75, 3.05) is 19.6 Å². The first-order chi connectivity index (χ1) is 12.7. The molecule has 4 rings (SSSR count). The highest BCUT2D eigenvalue weighted by atomic mass is 16.2. The molecule has 0 bridgehead atoms. The Hall–Kier alpha value is -2.70. The van der Waals surface area contributed by atoms with Crippen LogP contribution < -0.4 is 5.32 Å². The van der Waals surface area contributed by atoms with Gasteiger partial charge in [0.05, 0.1) is 5.56 Å². The third kappa shape index (κ3) is 3.21. The van der Waals surface area contributed by atoms with Crippen molar-refractivity contribution in [3.05, 3.63) is 48.5 Å². The van der Waals surface area contributed by atoms with E-state index in [4.69, 9.17) is 0 Å². The lowest BCUT2D eigenvalue weighted by Crippen LogP contribution is -2.56. The first-order valence-electron chi connectivity index (χ1n) is 9.17. The van der Waals surface area contributed by atoms with E-state index in [1.807, 2.05) is 12.3 Å². The lowest BCUT2D eigenvalue weighted by molar-refractivity contribution is -0.133. The number of carbonyl (C=O) groups excluding carboxylic acids is 2. The van der Waals surface area contributed by atoms with E-state index in [1.165, 1.54) is 12.8 Å². The van der Waals surface area contributed by atoms with E-state index < -0.39 is 5.54 Å². The Morgan fingerprint density at radius 3 is 2.62 bits per heavy atom. The highest BCUT2D eigenvalue weighted by molar-refractivity contribution is 5.94. The summed E-state index contributed by atoms with van der Waals surface area (Å²) in [5.41, 5.74) is -0.137. The molecule has 2 fully saturated rings. The summed E-state index contributed by atoms with van der Waals surface area (Å²) in [6, 6.07) is 5.37. The minimum atomic E-state index is -0.718. The molecule has 1 N–H and O–H groups in total. The zero-order chi connectivity index (χ0) is 18.0. The van der Waals surface area contributed by atoms with Crippen LogP contribution >= 0.6 is 0 Å². The van der Waals surface area contributed by atoms with Crippen LogP contribution in [-0.4, -0.2) is 51.1 Å². The Morgan fingerprint density at radius 2 is 2.00 bits per heavy atom. The maximum Gasteiger partial charge on any atom is 0.255 e. The van der Waals surface area contributed by atoms with Crippen LogP contribution in [0.5, 0.6) is 0 Å². The van der Waals surface area contributed by atoms with Crippen molar-refractivity contribution in [3.8, 4) is 0 Å². The SMILES string of the molecule is O=C(c1cccnc1)N1CCC(C(=O)NCC2CC2)(n2cccn2)CC1. The van der Waals surface area contributed by atoms with E-state index in [-0.39, 0.29) is 11.8 Å². The Labute approximate surface area is 152 Å². The number of rotatable bonds is 5. The van der Waals surface area contributed by atoms with Crippen LogP contribution in [0.3, 0.4) is 0 Å². The molecular formula is C19H23N5O2. The lowest BCUT2D eigenvalue weighted by atomic mass is 9.86. The molecule has 0 unspecified atom stereocenters. The largest absolute Gasteiger partial charge is 0.354 e. The molecule has 1 saturated carbocycles. The summed E-state index contributed by atoms with van der Waals surface area (Å²) in [4.78, 5) is 31.5. The summed E-state index contributed by atoms with van der Waals surface area (Å²) in [6.07, 6.45) is 10.3. The van der Waals surface area contributed by atoms with Crippen molar-refractivity contribution in [2.24, 2.45) is 5.92 Å². The van der Waals surface area contributed by atoms with E-state index in [9.17, 15) is 9.59 Å². The molecule has 0 aromatic carbocycles. The lowest BCUT2D eigenvalue weighted by Gasteiger charge is -2.40. The average molecular weight is 353 g/mol. The molecule has 2 aliphatic rings. The van der Waals surface area contributed by atoms with Gasteiger partial charge in [0, 0.05) is 44.4 Å². The molecule has 1 aliphatic carbocycles. The van der Waals surface area contributed by atoms with Crippen molar-refractivity contribution < 1.29 is 9.59 Å². The van der Waals surface area contributed by atoms with Crippen molar-refractivity contribution in [1.82, 2.24) is 25.0 Å². The van der Waals surface area contributed by atoms with Crippen LogP contribution in [0.1, 0.15) is 36.0 Å². The summed E-state index contributed by atoms with van der Waals surface area (Å²) in [6.45, 7) is 1.77. The van der Waals surface area contributed by atoms with Gasteiger partial charge in [0.15, 0.2) is 0 Å². The van der Waals surface area contributed by atoms with E-state index in [0.29, 0.717) is 37.4 Å². The van der Waals surface area contributed by atoms with Crippen molar-refractivity contribution in [2.45, 2.75) is 31.2 Å². The van der Waals surface area contributed by atoms with E-state index in [2.05, 4.69) is 15.4 Å². The number of nitrogens with one attached hydrogen (secondary N) is 1. The van der Waals surface area contributed by atoms with Crippen LogP contribution in [0.4, 0.5) is 0 Å². The number of hydrogen-bond donors (Lipinski definition) is 1. The first-order valence-corrected chi connectivity index (χ1v) is 9.17. The second kappa shape index (κ2) is 6.90. The fourth-order valence-corrected chi connectivity index (χ4v) is 3.56. The molecule has 2 amide bonds. The second-order valence-electron chi connectivity index (χ2n) is 7.17. The van der Waals surface area contributed by atoms with Gasteiger partial charge in [-0.2, -0.15) is 5.10 Å². The molecule has 7 nitrogen and oxygen atoms in total. The summed E-state index contributed by atoms with van der Waals surface area (Å²) in [5.74, 6) is 0.605. The number of likely N-dealkylation sites (tertiary alicyclic amines) is 1. The summed E-state index contributed by atoms with van der Waals surface area (Å²) >= 11 is 0. The molecule has 136 valence electrons. The fourth-order valence-electron chi connectivity index (χ4n) is 3.56. The number of amides is 2. The molecule has 0 spiro atoms. The van der Waals surface area contributed by atoms with Gasteiger partial charge in [0.2, 0.25) is 5.91 Å². The standard InChI is InChI=1S/C19H23N5O2/c25-17(16-3-1-8-20-14-16)23-11-6-19(7-12-23,24-10-2-9-22-24)18(26)21-13-15-4-5-15/h1-3,8-10,14-15H,4-7,11-13H2,(H,21,26). The van der Waals surface area contributed by atoms with Crippen LogP contribution in [-0.2, 0) is 10.3 Å². The average Bonchev–Trinajstić information content (AvgIpc) is 3.36. The van der Waals surface area contributed by atoms with Crippen LogP contribution in [0.15, 0.2) is 43.0 Å². The molecule has 7 heteroatoms. The first kappa shape index (κ1) is 16.8. The summed E-state index contributed by atoms with van der Waals surface area (Å²) in [7, 11) is 0. The van der Waals surface area contributed by atoms with Gasteiger partial charge < -0.3 is 10.2 Å². The number of hydrogen-bond acceptors (Lipinski definition) is 4. The minimum Gasteiger partial charge on any atom is -0.354 e. The molecule has 1 aliphatic heterocycles. The van der Waals surface area contributed by atoms with Crippen LogP contribution in [0, 0.1) is 5.92 Å². The monoisotopic (exact) mass is 353 g/mol. The number of nitrogens with zero attached hydrogens (tertiary/aromatic N) is 4. The normalized spacial score (nSPS) is 19.2. The zero-order valence-corrected chi connectivity index (χ0v) is 14.7. The van der Waals surface area contributed by atoms with Crippen LogP contribution in [0.2, 0.25) is 0 Å².